The molecule has 1 heteroatoms. The van der Waals surface area contributed by atoms with Crippen LogP contribution in [0.4, 0.5) is 0 Å². The minimum absolute atomic E-state index is 0.760. The SMILES string of the molecule is CCC1(CC(C)C)CC1.CCCC1(CCC)CCC(C)CC1.CCCN(C)CC. The maximum absolute atomic E-state index is 2.42. The van der Waals surface area contributed by atoms with Gasteiger partial charge in [0.15, 0.2) is 0 Å². The van der Waals surface area contributed by atoms with Gasteiger partial charge in [0.1, 0.15) is 0 Å². The lowest BCUT2D eigenvalue weighted by Crippen LogP contribution is -2.26. The molecule has 0 radical (unpaired) electrons. The van der Waals surface area contributed by atoms with Crippen LogP contribution in [-0.4, -0.2) is 25.0 Å². The summed E-state index contributed by atoms with van der Waals surface area (Å²) in [6, 6.07) is 0. The Bertz CT molecular complexity index is 353. The molecule has 2 saturated carbocycles. The molecule has 0 aromatic heterocycles. The Labute approximate surface area is 186 Å². The lowest BCUT2D eigenvalue weighted by Gasteiger charge is -2.39. The van der Waals surface area contributed by atoms with E-state index in [1.807, 2.05) is 0 Å². The van der Waals surface area contributed by atoms with Crippen LogP contribution in [0.25, 0.3) is 0 Å². The maximum atomic E-state index is 2.42. The van der Waals surface area contributed by atoms with Crippen molar-refractivity contribution in [3.8, 4) is 0 Å². The number of hydrogen-bond donors (Lipinski definition) is 0. The summed E-state index contributed by atoms with van der Waals surface area (Å²) in [5, 5.41) is 0. The van der Waals surface area contributed by atoms with E-state index in [0.29, 0.717) is 0 Å². The van der Waals surface area contributed by atoms with E-state index in [2.05, 4.69) is 67.3 Å². The molecule has 0 aromatic carbocycles. The molecule has 0 spiro atoms. The largest absolute Gasteiger partial charge is 0.307 e. The third-order valence-electron chi connectivity index (χ3n) is 7.59. The van der Waals surface area contributed by atoms with Crippen LogP contribution in [0.5, 0.6) is 0 Å². The Morgan fingerprint density at radius 1 is 0.793 bits per heavy atom. The Balaban J connectivity index is 0.000000430. The Morgan fingerprint density at radius 3 is 1.55 bits per heavy atom. The van der Waals surface area contributed by atoms with Gasteiger partial charge in [-0.15, -0.1) is 0 Å². The van der Waals surface area contributed by atoms with E-state index in [9.17, 15) is 0 Å². The normalized spacial score (nSPS) is 20.0. The molecule has 0 aromatic rings. The quantitative estimate of drug-likeness (QED) is 0.347. The van der Waals surface area contributed by atoms with Crippen LogP contribution in [0.3, 0.4) is 0 Å². The van der Waals surface area contributed by atoms with Crippen molar-refractivity contribution in [3.05, 3.63) is 0 Å². The van der Waals surface area contributed by atoms with Gasteiger partial charge in [-0.1, -0.05) is 87.5 Å². The fourth-order valence-electron chi connectivity index (χ4n) is 5.34. The van der Waals surface area contributed by atoms with Crippen molar-refractivity contribution in [1.29, 1.82) is 0 Å². The zero-order chi connectivity index (χ0) is 22.3. The fourth-order valence-corrected chi connectivity index (χ4v) is 5.34. The summed E-state index contributed by atoms with van der Waals surface area (Å²) in [4.78, 5) is 2.31. The van der Waals surface area contributed by atoms with Crippen molar-refractivity contribution >= 4 is 0 Å². The first-order valence-corrected chi connectivity index (χ1v) is 13.4. The molecule has 29 heavy (non-hydrogen) atoms. The first-order valence-electron chi connectivity index (χ1n) is 13.4. The van der Waals surface area contributed by atoms with Crippen molar-refractivity contribution in [3.63, 3.8) is 0 Å². The predicted octanol–water partition coefficient (Wildman–Crippen LogP) is 9.35. The standard InChI is InChI=1S/C13H26.C9H18.C6H15N/c1-4-8-13(9-5-2)10-6-12(3)7-11-13;1-4-9(5-6-9)7-8(2)3;1-4-6-7(3)5-2/h12H,4-11H2,1-3H3;8H,4-7H2,1-3H3;4-6H2,1-3H3. The van der Waals surface area contributed by atoms with Gasteiger partial charge >= 0.3 is 0 Å². The van der Waals surface area contributed by atoms with Gasteiger partial charge in [-0.05, 0) is 94.2 Å². The molecule has 2 aliphatic carbocycles. The van der Waals surface area contributed by atoms with Gasteiger partial charge in [-0.3, -0.25) is 0 Å². The van der Waals surface area contributed by atoms with Crippen molar-refractivity contribution in [1.82, 2.24) is 4.90 Å². The van der Waals surface area contributed by atoms with Crippen LogP contribution in [0.2, 0.25) is 0 Å². The second-order valence-corrected chi connectivity index (χ2v) is 11.0. The smallest absolute Gasteiger partial charge is 0.00245 e. The molecule has 0 aliphatic heterocycles. The molecule has 0 bridgehead atoms. The first kappa shape index (κ1) is 29.0. The van der Waals surface area contributed by atoms with Crippen molar-refractivity contribution in [2.24, 2.45) is 22.7 Å². The molecule has 0 atom stereocenters. The third kappa shape index (κ3) is 13.1. The highest BCUT2D eigenvalue weighted by molar-refractivity contribution is 4.92. The van der Waals surface area contributed by atoms with Crippen molar-refractivity contribution in [2.75, 3.05) is 20.1 Å². The van der Waals surface area contributed by atoms with E-state index in [0.717, 1.165) is 22.7 Å². The summed E-state index contributed by atoms with van der Waals surface area (Å²) in [5.74, 6) is 1.91. The average Bonchev–Trinajstić information content (AvgIpc) is 3.45. The molecule has 0 unspecified atom stereocenters. The molecule has 1 nitrogen and oxygen atoms in total. The Kier molecular flexibility index (Phi) is 15.7. The van der Waals surface area contributed by atoms with Gasteiger partial charge in [0, 0.05) is 0 Å². The molecule has 2 fully saturated rings. The van der Waals surface area contributed by atoms with Gasteiger partial charge in [-0.2, -0.15) is 0 Å². The van der Waals surface area contributed by atoms with Crippen molar-refractivity contribution in [2.45, 2.75) is 139 Å². The Hall–Kier alpha value is -0.0400. The van der Waals surface area contributed by atoms with Gasteiger partial charge in [0.25, 0.3) is 0 Å². The summed E-state index contributed by atoms with van der Waals surface area (Å²) in [5.41, 5.74) is 1.57. The number of hydrogen-bond acceptors (Lipinski definition) is 1. The predicted molar refractivity (Wildman–Crippen MR) is 135 cm³/mol. The van der Waals surface area contributed by atoms with Crippen LogP contribution >= 0.6 is 0 Å². The van der Waals surface area contributed by atoms with Crippen LogP contribution in [0.1, 0.15) is 139 Å². The van der Waals surface area contributed by atoms with E-state index < -0.39 is 0 Å². The van der Waals surface area contributed by atoms with Gasteiger partial charge in [0.2, 0.25) is 0 Å². The van der Waals surface area contributed by atoms with E-state index in [-0.39, 0.29) is 0 Å². The van der Waals surface area contributed by atoms with E-state index in [4.69, 9.17) is 0 Å². The molecule has 0 saturated heterocycles. The minimum atomic E-state index is 0.760. The summed E-state index contributed by atoms with van der Waals surface area (Å²) >= 11 is 0. The fraction of sp³-hybridized carbons (Fsp3) is 1.00. The lowest BCUT2D eigenvalue weighted by atomic mass is 9.66. The Morgan fingerprint density at radius 2 is 1.31 bits per heavy atom. The summed E-state index contributed by atoms with van der Waals surface area (Å²) in [6.45, 7) is 20.9. The molecular formula is C28H59N. The number of rotatable bonds is 10. The highest BCUT2D eigenvalue weighted by Crippen LogP contribution is 2.53. The summed E-state index contributed by atoms with van der Waals surface area (Å²) in [7, 11) is 2.14. The van der Waals surface area contributed by atoms with Crippen LogP contribution in [0, 0.1) is 22.7 Å². The minimum Gasteiger partial charge on any atom is -0.307 e. The second kappa shape index (κ2) is 15.7. The second-order valence-electron chi connectivity index (χ2n) is 11.0. The maximum Gasteiger partial charge on any atom is -0.00245 e. The van der Waals surface area contributed by atoms with Crippen LogP contribution in [0.15, 0.2) is 0 Å². The zero-order valence-corrected chi connectivity index (χ0v) is 22.2. The molecule has 2 aliphatic rings. The highest BCUT2D eigenvalue weighted by atomic mass is 15.1. The molecule has 0 amide bonds. The van der Waals surface area contributed by atoms with Crippen molar-refractivity contribution < 1.29 is 0 Å². The molecular weight excluding hydrogens is 350 g/mol. The molecule has 2 rings (SSSR count). The monoisotopic (exact) mass is 409 g/mol. The van der Waals surface area contributed by atoms with E-state index in [1.54, 1.807) is 0 Å². The highest BCUT2D eigenvalue weighted by Gasteiger charge is 2.40. The first-order chi connectivity index (χ1) is 13.7. The van der Waals surface area contributed by atoms with Gasteiger partial charge in [-0.25, -0.2) is 0 Å². The molecule has 0 heterocycles. The lowest BCUT2D eigenvalue weighted by molar-refractivity contribution is 0.127. The topological polar surface area (TPSA) is 3.24 Å². The van der Waals surface area contributed by atoms with Gasteiger partial charge in [0.05, 0.1) is 0 Å². The van der Waals surface area contributed by atoms with Gasteiger partial charge < -0.3 is 4.90 Å². The number of nitrogens with zero attached hydrogens (tertiary/aromatic N) is 1. The average molecular weight is 410 g/mol. The third-order valence-corrected chi connectivity index (χ3v) is 7.59. The zero-order valence-electron chi connectivity index (χ0n) is 22.2. The summed E-state index contributed by atoms with van der Waals surface area (Å²) in [6.07, 6.45) is 18.9. The molecule has 0 N–H and O–H groups in total. The van der Waals surface area contributed by atoms with E-state index >= 15 is 0 Å². The van der Waals surface area contributed by atoms with Crippen LogP contribution in [-0.2, 0) is 0 Å². The van der Waals surface area contributed by atoms with Crippen LogP contribution < -0.4 is 0 Å². The molecule has 176 valence electrons. The van der Waals surface area contributed by atoms with E-state index in [1.165, 1.54) is 96.6 Å². The summed E-state index contributed by atoms with van der Waals surface area (Å²) < 4.78 is 0.